The van der Waals surface area contributed by atoms with E-state index in [4.69, 9.17) is 11.6 Å². The molecule has 31 heavy (non-hydrogen) atoms. The molecule has 3 aromatic rings. The van der Waals surface area contributed by atoms with Gasteiger partial charge in [-0.15, -0.1) is 0 Å². The van der Waals surface area contributed by atoms with Crippen molar-refractivity contribution in [3.8, 4) is 0 Å². The van der Waals surface area contributed by atoms with Crippen LogP contribution in [0.4, 0.5) is 5.00 Å². The fourth-order valence-electron chi connectivity index (χ4n) is 4.03. The summed E-state index contributed by atoms with van der Waals surface area (Å²) in [6, 6.07) is 6.46. The molecule has 0 spiro atoms. The third-order valence-electron chi connectivity index (χ3n) is 5.66. The number of nitrogens with zero attached hydrogens (tertiary/aromatic N) is 3. The Morgan fingerprint density at radius 1 is 1.32 bits per heavy atom. The summed E-state index contributed by atoms with van der Waals surface area (Å²) in [5.41, 5.74) is 0.704. The molecule has 0 radical (unpaired) electrons. The van der Waals surface area contributed by atoms with E-state index in [0.29, 0.717) is 10.5 Å². The van der Waals surface area contributed by atoms with Gasteiger partial charge in [0.25, 0.3) is 0 Å². The van der Waals surface area contributed by atoms with Gasteiger partial charge in [-0.1, -0.05) is 22.9 Å². The summed E-state index contributed by atoms with van der Waals surface area (Å²) in [7, 11) is 0.0692. The molecule has 1 aliphatic heterocycles. The number of nitrogens with one attached hydrogen (secondary N) is 1. The van der Waals surface area contributed by atoms with Gasteiger partial charge >= 0.3 is 0 Å². The number of benzene rings is 1. The van der Waals surface area contributed by atoms with Gasteiger partial charge in [0.15, 0.2) is 20.4 Å². The van der Waals surface area contributed by atoms with E-state index in [9.17, 15) is 13.2 Å². The van der Waals surface area contributed by atoms with E-state index in [2.05, 4.69) is 14.9 Å². The van der Waals surface area contributed by atoms with Gasteiger partial charge in [-0.05, 0) is 43.5 Å². The smallest absolute Gasteiger partial charge is 0.194 e. The van der Waals surface area contributed by atoms with Gasteiger partial charge in [0.2, 0.25) is 0 Å². The average molecular weight is 481 g/mol. The van der Waals surface area contributed by atoms with Crippen molar-refractivity contribution in [2.45, 2.75) is 36.8 Å². The fourth-order valence-corrected chi connectivity index (χ4v) is 6.50. The molecule has 1 fully saturated rings. The summed E-state index contributed by atoms with van der Waals surface area (Å²) >= 11 is 7.54. The van der Waals surface area contributed by atoms with Gasteiger partial charge in [0.1, 0.15) is 10.0 Å². The maximum absolute atomic E-state index is 13.1. The number of halogens is 1. The predicted octanol–water partition coefficient (Wildman–Crippen LogP) is 3.54. The zero-order valence-electron chi connectivity index (χ0n) is 17.5. The minimum Gasteiger partial charge on any atom is -0.352 e. The average Bonchev–Trinajstić information content (AvgIpc) is 3.35. The summed E-state index contributed by atoms with van der Waals surface area (Å²) in [5.74, 6) is -0.252. The Morgan fingerprint density at radius 3 is 2.87 bits per heavy atom. The van der Waals surface area contributed by atoms with Crippen molar-refractivity contribution in [1.29, 1.82) is 0 Å². The lowest BCUT2D eigenvalue weighted by Crippen LogP contribution is -2.45. The van der Waals surface area contributed by atoms with E-state index >= 15 is 0 Å². The summed E-state index contributed by atoms with van der Waals surface area (Å²) < 4.78 is 27.7. The van der Waals surface area contributed by atoms with Gasteiger partial charge in [-0.25, -0.2) is 8.42 Å². The van der Waals surface area contributed by atoms with Gasteiger partial charge in [0, 0.05) is 49.2 Å². The first-order chi connectivity index (χ1) is 14.8. The minimum atomic E-state index is -3.61. The molecule has 4 rings (SSSR count). The van der Waals surface area contributed by atoms with Crippen LogP contribution in [0, 0.1) is 0 Å². The molecular weight excluding hydrogens is 456 g/mol. The van der Waals surface area contributed by atoms with Crippen molar-refractivity contribution in [3.05, 3.63) is 40.3 Å². The highest BCUT2D eigenvalue weighted by Crippen LogP contribution is 2.28. The highest BCUT2D eigenvalue weighted by atomic mass is 35.5. The number of Topliss-reactive ketones (excluding diaryl/α,β-unsaturated/α-hetero) is 1. The number of sulfone groups is 1. The number of ketones is 1. The molecule has 2 aromatic heterocycles. The van der Waals surface area contributed by atoms with E-state index in [-0.39, 0.29) is 29.0 Å². The lowest BCUT2D eigenvalue weighted by molar-refractivity contribution is -0.120. The zero-order valence-corrected chi connectivity index (χ0v) is 19.9. The van der Waals surface area contributed by atoms with Crippen LogP contribution in [0.25, 0.3) is 10.9 Å². The third kappa shape index (κ3) is 4.58. The summed E-state index contributed by atoms with van der Waals surface area (Å²) in [6.07, 6.45) is 4.70. The molecule has 3 heterocycles. The quantitative estimate of drug-likeness (QED) is 0.584. The molecule has 7 nitrogen and oxygen atoms in total. The maximum Gasteiger partial charge on any atom is 0.194 e. The van der Waals surface area contributed by atoms with Gasteiger partial charge in [-0.3, -0.25) is 9.79 Å². The summed E-state index contributed by atoms with van der Waals surface area (Å²) in [6.45, 7) is 0.787. The molecule has 0 saturated carbocycles. The zero-order chi connectivity index (χ0) is 22.2. The van der Waals surface area contributed by atoms with Crippen LogP contribution in [0.1, 0.15) is 25.7 Å². The number of aryl methyl sites for hydroxylation is 1. The summed E-state index contributed by atoms with van der Waals surface area (Å²) in [4.78, 5) is 23.3. The molecule has 1 unspecified atom stereocenters. The number of aromatic nitrogens is 2. The Bertz CT molecular complexity index is 1290. The van der Waals surface area contributed by atoms with E-state index in [1.807, 2.05) is 17.8 Å². The normalized spacial score (nSPS) is 18.1. The van der Waals surface area contributed by atoms with E-state index in [1.54, 1.807) is 42.6 Å². The molecule has 166 valence electrons. The molecule has 1 N–H and O–H groups in total. The first-order valence-corrected chi connectivity index (χ1v) is 13.0. The van der Waals surface area contributed by atoms with Crippen LogP contribution in [0.5, 0.6) is 0 Å². The molecule has 1 aromatic carbocycles. The van der Waals surface area contributed by atoms with Crippen molar-refractivity contribution in [1.82, 2.24) is 9.55 Å². The van der Waals surface area contributed by atoms with Crippen molar-refractivity contribution in [3.63, 3.8) is 0 Å². The second-order valence-corrected chi connectivity index (χ2v) is 11.3. The number of rotatable bonds is 6. The van der Waals surface area contributed by atoms with Gasteiger partial charge in [-0.2, -0.15) is 0 Å². The highest BCUT2D eigenvalue weighted by Gasteiger charge is 2.31. The van der Waals surface area contributed by atoms with Crippen LogP contribution < -0.4 is 9.70 Å². The van der Waals surface area contributed by atoms with E-state index in [1.165, 1.54) is 0 Å². The van der Waals surface area contributed by atoms with Crippen molar-refractivity contribution in [2.24, 2.45) is 12.0 Å². The first kappa shape index (κ1) is 22.1. The Balaban J connectivity index is 1.50. The number of H-pyrrole nitrogens is 1. The van der Waals surface area contributed by atoms with Gasteiger partial charge < -0.3 is 14.5 Å². The third-order valence-corrected chi connectivity index (χ3v) is 8.73. The maximum atomic E-state index is 13.1. The SMILES string of the molecule is CN=c1sc(N2CCCCC2C(=O)CCS(=O)(=O)c2cc3cc(Cl)ccc3[nH]2)cn1C. The number of anilines is 1. The van der Waals surface area contributed by atoms with Crippen LogP contribution in [0.3, 0.4) is 0 Å². The number of fused-ring (bicyclic) bond motifs is 1. The van der Waals surface area contributed by atoms with Crippen molar-refractivity contribution < 1.29 is 13.2 Å². The Labute approximate surface area is 190 Å². The lowest BCUT2D eigenvalue weighted by Gasteiger charge is -2.35. The van der Waals surface area contributed by atoms with Crippen LogP contribution in [-0.4, -0.2) is 49.1 Å². The number of thiazole rings is 1. The molecule has 0 amide bonds. The molecule has 1 saturated heterocycles. The Hall–Kier alpha value is -2.10. The van der Waals surface area contributed by atoms with Crippen LogP contribution in [0.2, 0.25) is 5.02 Å². The first-order valence-electron chi connectivity index (χ1n) is 10.2. The highest BCUT2D eigenvalue weighted by molar-refractivity contribution is 7.91. The van der Waals surface area contributed by atoms with Crippen LogP contribution in [-0.2, 0) is 21.7 Å². The van der Waals surface area contributed by atoms with Crippen molar-refractivity contribution in [2.75, 3.05) is 24.2 Å². The standard InChI is InChI=1S/C21H25ClN4O3S2/c1-23-21-25(2)13-20(30-21)26-9-4-3-5-17(26)18(27)8-10-31(28,29)19-12-14-11-15(22)6-7-16(14)24-19/h6-7,11-13,17,24H,3-5,8-10H2,1-2H3. The largest absolute Gasteiger partial charge is 0.352 e. The second-order valence-electron chi connectivity index (χ2n) is 7.79. The minimum absolute atomic E-state index is 0.0118. The van der Waals surface area contributed by atoms with E-state index in [0.717, 1.165) is 41.0 Å². The van der Waals surface area contributed by atoms with Crippen LogP contribution in [0.15, 0.2) is 40.5 Å². The molecule has 1 atom stereocenters. The lowest BCUT2D eigenvalue weighted by atomic mass is 9.97. The predicted molar refractivity (Wildman–Crippen MR) is 125 cm³/mol. The fraction of sp³-hybridized carbons (Fsp3) is 0.429. The molecule has 0 aliphatic carbocycles. The molecule has 0 bridgehead atoms. The van der Waals surface area contributed by atoms with Gasteiger partial charge in [0.05, 0.1) is 11.8 Å². The molecular formula is C21H25ClN4O3S2. The number of piperidine rings is 1. The second kappa shape index (κ2) is 8.80. The monoisotopic (exact) mass is 480 g/mol. The van der Waals surface area contributed by atoms with Crippen LogP contribution >= 0.6 is 22.9 Å². The number of hydrogen-bond donors (Lipinski definition) is 1. The molecule has 10 heteroatoms. The number of aromatic amines is 1. The van der Waals surface area contributed by atoms with Crippen molar-refractivity contribution >= 4 is 54.5 Å². The number of carbonyl (C=O) groups excluding carboxylic acids is 1. The summed E-state index contributed by atoms with van der Waals surface area (Å²) in [5, 5.41) is 2.40. The number of hydrogen-bond acceptors (Lipinski definition) is 6. The van der Waals surface area contributed by atoms with E-state index < -0.39 is 9.84 Å². The molecule has 1 aliphatic rings. The topological polar surface area (TPSA) is 87.5 Å². The number of carbonyl (C=O) groups is 1. The Kier molecular flexibility index (Phi) is 6.27. The Morgan fingerprint density at radius 2 is 2.13 bits per heavy atom.